The molecule has 1 heterocycles. The van der Waals surface area contributed by atoms with Gasteiger partial charge in [0.25, 0.3) is 11.6 Å². The summed E-state index contributed by atoms with van der Waals surface area (Å²) in [5.74, 6) is -1.23. The molecule has 4 amide bonds. The normalized spacial score (nSPS) is 18.3. The Morgan fingerprint density at radius 3 is 2.43 bits per heavy atom. The first-order valence-electron chi connectivity index (χ1n) is 9.45. The van der Waals surface area contributed by atoms with Crippen LogP contribution in [-0.2, 0) is 15.1 Å². The summed E-state index contributed by atoms with van der Waals surface area (Å²) in [7, 11) is 0. The Kier molecular flexibility index (Phi) is 5.55. The Bertz CT molecular complexity index is 1040. The van der Waals surface area contributed by atoms with E-state index in [-0.39, 0.29) is 11.4 Å². The highest BCUT2D eigenvalue weighted by Gasteiger charge is 2.51. The fourth-order valence-electron chi connectivity index (χ4n) is 3.57. The molecule has 0 aliphatic carbocycles. The van der Waals surface area contributed by atoms with Crippen LogP contribution in [0.25, 0.3) is 0 Å². The van der Waals surface area contributed by atoms with Crippen molar-refractivity contribution in [3.05, 3.63) is 69.3 Å². The number of carbonyl (C=O) groups is 3. The lowest BCUT2D eigenvalue weighted by Crippen LogP contribution is -2.44. The van der Waals surface area contributed by atoms with Crippen LogP contribution < -0.4 is 10.6 Å². The molecule has 2 aromatic rings. The second-order valence-electron chi connectivity index (χ2n) is 7.15. The summed E-state index contributed by atoms with van der Waals surface area (Å²) in [5, 5.41) is 16.5. The number of aryl methyl sites for hydroxylation is 1. The Balaban J connectivity index is 1.85. The van der Waals surface area contributed by atoms with Gasteiger partial charge in [-0.2, -0.15) is 0 Å². The molecule has 9 nitrogen and oxygen atoms in total. The molecule has 0 aromatic heterocycles. The van der Waals surface area contributed by atoms with Gasteiger partial charge in [-0.25, -0.2) is 4.79 Å². The van der Waals surface area contributed by atoms with E-state index >= 15 is 0 Å². The molecule has 0 saturated carbocycles. The zero-order valence-electron chi connectivity index (χ0n) is 16.9. The van der Waals surface area contributed by atoms with Crippen LogP contribution in [0, 0.1) is 24.0 Å². The number of anilines is 1. The number of amides is 4. The molecule has 0 spiro atoms. The van der Waals surface area contributed by atoms with Crippen LogP contribution in [0.1, 0.15) is 30.0 Å². The number of nitrogens with zero attached hydrogens (tertiary/aromatic N) is 2. The lowest BCUT2D eigenvalue weighted by molar-refractivity contribution is -0.384. The highest BCUT2D eigenvalue weighted by Crippen LogP contribution is 2.33. The second-order valence-corrected chi connectivity index (χ2v) is 7.15. The molecule has 0 radical (unpaired) electrons. The van der Waals surface area contributed by atoms with Gasteiger partial charge in [0.1, 0.15) is 17.8 Å². The summed E-state index contributed by atoms with van der Waals surface area (Å²) in [4.78, 5) is 49.8. The monoisotopic (exact) mass is 410 g/mol. The maximum absolute atomic E-state index is 13.1. The number of nitro benzene ring substituents is 1. The van der Waals surface area contributed by atoms with Crippen molar-refractivity contribution < 1.29 is 19.3 Å². The van der Waals surface area contributed by atoms with Crippen molar-refractivity contribution >= 4 is 29.2 Å². The number of imide groups is 1. The quantitative estimate of drug-likeness (QED) is 0.431. The third kappa shape index (κ3) is 3.49. The molecule has 1 aliphatic heterocycles. The summed E-state index contributed by atoms with van der Waals surface area (Å²) in [6, 6.07) is 11.0. The molecule has 1 aliphatic rings. The van der Waals surface area contributed by atoms with Gasteiger partial charge in [0.2, 0.25) is 5.91 Å². The van der Waals surface area contributed by atoms with Gasteiger partial charge < -0.3 is 10.6 Å². The van der Waals surface area contributed by atoms with Gasteiger partial charge in [-0.3, -0.25) is 24.6 Å². The van der Waals surface area contributed by atoms with Crippen molar-refractivity contribution in [1.29, 1.82) is 0 Å². The van der Waals surface area contributed by atoms with Crippen molar-refractivity contribution in [3.8, 4) is 0 Å². The molecule has 2 N–H and O–H groups in total. The second kappa shape index (κ2) is 7.94. The van der Waals surface area contributed by atoms with E-state index < -0.39 is 34.9 Å². The highest BCUT2D eigenvalue weighted by atomic mass is 16.6. The molecule has 9 heteroatoms. The largest absolute Gasteiger partial charge is 0.325 e. The smallest absolute Gasteiger partial charge is 0.319 e. The molecule has 2 aromatic carbocycles. The third-order valence-corrected chi connectivity index (χ3v) is 5.45. The molecular formula is C21H22N4O5. The van der Waals surface area contributed by atoms with E-state index in [1.54, 1.807) is 57.2 Å². The number of hydrogen-bond acceptors (Lipinski definition) is 5. The number of benzene rings is 2. The minimum atomic E-state index is -1.25. The lowest BCUT2D eigenvalue weighted by atomic mass is 9.87. The van der Waals surface area contributed by atoms with Crippen LogP contribution in [0.2, 0.25) is 0 Å². The first-order chi connectivity index (χ1) is 14.2. The predicted octanol–water partition coefficient (Wildman–Crippen LogP) is 3.01. The van der Waals surface area contributed by atoms with Crippen LogP contribution in [0.5, 0.6) is 0 Å². The van der Waals surface area contributed by atoms with Crippen molar-refractivity contribution in [1.82, 2.24) is 10.2 Å². The third-order valence-electron chi connectivity index (χ3n) is 5.45. The van der Waals surface area contributed by atoms with Crippen LogP contribution in [0.3, 0.4) is 0 Å². The molecule has 3 rings (SSSR count). The number of rotatable bonds is 6. The Morgan fingerprint density at radius 2 is 1.83 bits per heavy atom. The number of nitro groups is 1. The van der Waals surface area contributed by atoms with Crippen molar-refractivity contribution in [2.45, 2.75) is 32.7 Å². The minimum Gasteiger partial charge on any atom is -0.319 e. The van der Waals surface area contributed by atoms with Crippen LogP contribution in [0.15, 0.2) is 42.5 Å². The number of hydrogen-bond donors (Lipinski definition) is 2. The maximum atomic E-state index is 13.1. The van der Waals surface area contributed by atoms with Crippen molar-refractivity contribution in [2.24, 2.45) is 0 Å². The standard InChI is InChI=1S/C21H22N4O5/c1-4-21(15-8-6-5-7-9-15)19(27)24(20(28)23-21)12-17(26)22-18-14(3)13(2)10-11-16(18)25(29)30/h5-11H,4,12H2,1-3H3,(H,22,26)(H,23,28)/t21-/m0/s1. The summed E-state index contributed by atoms with van der Waals surface area (Å²) in [6.07, 6.45) is 0.308. The molecule has 1 atom stereocenters. The maximum Gasteiger partial charge on any atom is 0.325 e. The number of nitrogens with one attached hydrogen (secondary N) is 2. The average molecular weight is 410 g/mol. The molecule has 30 heavy (non-hydrogen) atoms. The van der Waals surface area contributed by atoms with E-state index in [9.17, 15) is 24.5 Å². The molecule has 1 fully saturated rings. The number of carbonyl (C=O) groups excluding carboxylic acids is 3. The summed E-state index contributed by atoms with van der Waals surface area (Å²) in [5.41, 5.74) is 0.489. The van der Waals surface area contributed by atoms with E-state index in [1.807, 2.05) is 0 Å². The number of urea groups is 1. The van der Waals surface area contributed by atoms with Gasteiger partial charge in [-0.15, -0.1) is 0 Å². The van der Waals surface area contributed by atoms with Gasteiger partial charge in [-0.05, 0) is 37.0 Å². The van der Waals surface area contributed by atoms with Gasteiger partial charge in [-0.1, -0.05) is 43.3 Å². The SMILES string of the molecule is CC[C@@]1(c2ccccc2)NC(=O)N(CC(=O)Nc2c([N+](=O)[O-])ccc(C)c2C)C1=O. The zero-order valence-corrected chi connectivity index (χ0v) is 16.9. The lowest BCUT2D eigenvalue weighted by Gasteiger charge is -2.25. The summed E-state index contributed by atoms with van der Waals surface area (Å²) < 4.78 is 0. The minimum absolute atomic E-state index is 0.0573. The van der Waals surface area contributed by atoms with E-state index in [0.29, 0.717) is 17.5 Å². The van der Waals surface area contributed by atoms with E-state index in [2.05, 4.69) is 10.6 Å². The first-order valence-corrected chi connectivity index (χ1v) is 9.45. The van der Waals surface area contributed by atoms with E-state index in [0.717, 1.165) is 10.5 Å². The summed E-state index contributed by atoms with van der Waals surface area (Å²) >= 11 is 0. The Labute approximate surface area is 173 Å². The topological polar surface area (TPSA) is 122 Å². The van der Waals surface area contributed by atoms with Gasteiger partial charge in [0.05, 0.1) is 4.92 Å². The Hall–Kier alpha value is -3.75. The zero-order chi connectivity index (χ0) is 22.1. The van der Waals surface area contributed by atoms with Gasteiger partial charge in [0, 0.05) is 6.07 Å². The molecule has 156 valence electrons. The highest BCUT2D eigenvalue weighted by molar-refractivity contribution is 6.10. The average Bonchev–Trinajstić information content (AvgIpc) is 2.97. The fourth-order valence-corrected chi connectivity index (χ4v) is 3.57. The molecular weight excluding hydrogens is 388 g/mol. The molecule has 1 saturated heterocycles. The first kappa shape index (κ1) is 21.0. The van der Waals surface area contributed by atoms with Crippen molar-refractivity contribution in [3.63, 3.8) is 0 Å². The van der Waals surface area contributed by atoms with E-state index in [4.69, 9.17) is 0 Å². The summed E-state index contributed by atoms with van der Waals surface area (Å²) in [6.45, 7) is 4.64. The van der Waals surface area contributed by atoms with Crippen LogP contribution in [0.4, 0.5) is 16.2 Å². The Morgan fingerprint density at radius 1 is 1.17 bits per heavy atom. The van der Waals surface area contributed by atoms with Crippen molar-refractivity contribution in [2.75, 3.05) is 11.9 Å². The molecule has 0 unspecified atom stereocenters. The van der Waals surface area contributed by atoms with Crippen LogP contribution in [-0.4, -0.2) is 34.2 Å². The predicted molar refractivity (Wildman–Crippen MR) is 110 cm³/mol. The fraction of sp³-hybridized carbons (Fsp3) is 0.286. The van der Waals surface area contributed by atoms with Crippen LogP contribution >= 0.6 is 0 Å². The molecule has 0 bridgehead atoms. The van der Waals surface area contributed by atoms with E-state index in [1.165, 1.54) is 6.07 Å². The van der Waals surface area contributed by atoms with Gasteiger partial charge >= 0.3 is 6.03 Å². The van der Waals surface area contributed by atoms with Gasteiger partial charge in [0.15, 0.2) is 0 Å².